The minimum atomic E-state index is 1.18. The van der Waals surface area contributed by atoms with E-state index in [-0.39, 0.29) is 0 Å². The van der Waals surface area contributed by atoms with Gasteiger partial charge >= 0.3 is 0 Å². The van der Waals surface area contributed by atoms with E-state index in [0.29, 0.717) is 0 Å². The van der Waals surface area contributed by atoms with Crippen LogP contribution in [0.25, 0.3) is 0 Å². The van der Waals surface area contributed by atoms with Crippen LogP contribution in [-0.4, -0.2) is 12.4 Å². The Bertz CT molecular complexity index is 7.51. The van der Waals surface area contributed by atoms with Crippen molar-refractivity contribution in [3.8, 4) is 0 Å². The molecular formula is C4H12O2. The Hall–Kier alpha value is -0.0800. The predicted octanol–water partition coefficient (Wildman–Crippen LogP) is 1.52. The Labute approximate surface area is 38.7 Å². The van der Waals surface area contributed by atoms with Gasteiger partial charge in [0.05, 0.1) is 7.11 Å². The number of hydrogen-bond donors (Lipinski definition) is 1. The van der Waals surface area contributed by atoms with E-state index in [9.17, 15) is 0 Å². The fourth-order valence-electron chi connectivity index (χ4n) is 0. The molecule has 0 fully saturated rings. The van der Waals surface area contributed by atoms with E-state index < -0.39 is 0 Å². The molecule has 0 radical (unpaired) electrons. The molecule has 1 N–H and O–H groups in total. The van der Waals surface area contributed by atoms with Gasteiger partial charge in [0.15, 0.2) is 0 Å². The molecular weight excluding hydrogens is 80.0 g/mol. The van der Waals surface area contributed by atoms with Crippen molar-refractivity contribution in [1.82, 2.24) is 0 Å². The van der Waals surface area contributed by atoms with Crippen molar-refractivity contribution >= 4 is 0 Å². The lowest BCUT2D eigenvalue weighted by Crippen LogP contribution is -1.57. The maximum atomic E-state index is 7.07. The lowest BCUT2D eigenvalue weighted by molar-refractivity contribution is -0.214. The largest absolute Gasteiger partial charge is 0.252 e. The smallest absolute Gasteiger partial charge is 0.0710 e. The van der Waals surface area contributed by atoms with E-state index in [1.165, 1.54) is 13.5 Å². The van der Waals surface area contributed by atoms with Gasteiger partial charge in [-0.1, -0.05) is 20.3 Å². The van der Waals surface area contributed by atoms with Gasteiger partial charge in [-0.3, -0.25) is 5.26 Å². The van der Waals surface area contributed by atoms with Crippen LogP contribution in [0.15, 0.2) is 0 Å². The van der Waals surface area contributed by atoms with Crippen molar-refractivity contribution in [1.29, 1.82) is 0 Å². The zero-order chi connectivity index (χ0) is 5.41. The molecule has 0 aromatic carbocycles. The molecule has 0 atom stereocenters. The van der Waals surface area contributed by atoms with Crippen LogP contribution in [0, 0.1) is 0 Å². The third-order valence-corrected chi connectivity index (χ3v) is 0. The molecule has 0 aromatic heterocycles. The van der Waals surface area contributed by atoms with Gasteiger partial charge in [0, 0.05) is 0 Å². The molecule has 0 aliphatic carbocycles. The molecule has 0 saturated heterocycles. The second-order valence-electron chi connectivity index (χ2n) is 0.890. The highest BCUT2D eigenvalue weighted by Gasteiger charge is 1.35. The summed E-state index contributed by atoms with van der Waals surface area (Å²) in [5.74, 6) is 0. The van der Waals surface area contributed by atoms with Gasteiger partial charge in [0.25, 0.3) is 0 Å². The Morgan fingerprint density at radius 1 is 1.50 bits per heavy atom. The molecule has 2 nitrogen and oxygen atoms in total. The third-order valence-electron chi connectivity index (χ3n) is 0. The maximum Gasteiger partial charge on any atom is 0.0710 e. The molecule has 0 amide bonds. The van der Waals surface area contributed by atoms with Gasteiger partial charge in [-0.05, 0) is 0 Å². The van der Waals surface area contributed by atoms with Crippen LogP contribution < -0.4 is 0 Å². The maximum absolute atomic E-state index is 7.07. The monoisotopic (exact) mass is 92.1 g/mol. The van der Waals surface area contributed by atoms with Crippen LogP contribution in [0.3, 0.4) is 0 Å². The highest BCUT2D eigenvalue weighted by Crippen LogP contribution is 1.56. The molecule has 2 heteroatoms. The quantitative estimate of drug-likeness (QED) is 0.362. The SMILES string of the molecule is CCC.COO. The van der Waals surface area contributed by atoms with Crippen molar-refractivity contribution in [2.45, 2.75) is 20.3 Å². The lowest BCUT2D eigenvalue weighted by atomic mass is 10.6. The van der Waals surface area contributed by atoms with Gasteiger partial charge in [0.1, 0.15) is 0 Å². The average molecular weight is 92.1 g/mol. The second-order valence-corrected chi connectivity index (χ2v) is 0.890. The first-order valence-electron chi connectivity index (χ1n) is 2.01. The topological polar surface area (TPSA) is 29.5 Å². The molecule has 0 aromatic rings. The van der Waals surface area contributed by atoms with E-state index >= 15 is 0 Å². The van der Waals surface area contributed by atoms with Crippen molar-refractivity contribution in [3.63, 3.8) is 0 Å². The highest BCUT2D eigenvalue weighted by molar-refractivity contribution is 3.92. The minimum absolute atomic E-state index is 1.18. The minimum Gasteiger partial charge on any atom is -0.252 e. The van der Waals surface area contributed by atoms with Crippen LogP contribution in [0.2, 0.25) is 0 Å². The van der Waals surface area contributed by atoms with Crippen molar-refractivity contribution in [3.05, 3.63) is 0 Å². The molecule has 0 aliphatic heterocycles. The van der Waals surface area contributed by atoms with E-state index in [1.54, 1.807) is 0 Å². The summed E-state index contributed by atoms with van der Waals surface area (Å²) >= 11 is 0. The Morgan fingerprint density at radius 3 is 1.50 bits per heavy atom. The van der Waals surface area contributed by atoms with E-state index in [2.05, 4.69) is 18.7 Å². The van der Waals surface area contributed by atoms with Crippen molar-refractivity contribution < 1.29 is 10.1 Å². The second kappa shape index (κ2) is 20.5. The lowest BCUT2D eigenvalue weighted by Gasteiger charge is -1.59. The average Bonchev–Trinajstić information content (AvgIpc) is 1.39. The van der Waals surface area contributed by atoms with E-state index in [4.69, 9.17) is 5.26 Å². The van der Waals surface area contributed by atoms with Crippen LogP contribution in [-0.2, 0) is 4.89 Å². The normalized spacial score (nSPS) is 6.00. The summed E-state index contributed by atoms with van der Waals surface area (Å²) in [6.45, 7) is 4.25. The van der Waals surface area contributed by atoms with Crippen molar-refractivity contribution in [2.24, 2.45) is 0 Å². The first kappa shape index (κ1) is 9.33. The van der Waals surface area contributed by atoms with Crippen LogP contribution >= 0.6 is 0 Å². The fourth-order valence-corrected chi connectivity index (χ4v) is 0. The summed E-state index contributed by atoms with van der Waals surface area (Å²) in [5, 5.41) is 7.07. The molecule has 0 saturated carbocycles. The Morgan fingerprint density at radius 2 is 1.50 bits per heavy atom. The van der Waals surface area contributed by atoms with Gasteiger partial charge in [-0.15, -0.1) is 0 Å². The molecule has 0 aliphatic rings. The highest BCUT2D eigenvalue weighted by atomic mass is 17.1. The summed E-state index contributed by atoms with van der Waals surface area (Å²) in [6, 6.07) is 0. The van der Waals surface area contributed by atoms with Gasteiger partial charge in [-0.2, -0.15) is 0 Å². The van der Waals surface area contributed by atoms with E-state index in [0.717, 1.165) is 0 Å². The predicted molar refractivity (Wildman–Crippen MR) is 25.6 cm³/mol. The Kier molecular flexibility index (Phi) is 31.9. The zero-order valence-electron chi connectivity index (χ0n) is 4.56. The Balaban J connectivity index is 0. The van der Waals surface area contributed by atoms with Gasteiger partial charge < -0.3 is 0 Å². The summed E-state index contributed by atoms with van der Waals surface area (Å²) in [5.41, 5.74) is 0. The van der Waals surface area contributed by atoms with Crippen LogP contribution in [0.4, 0.5) is 0 Å². The van der Waals surface area contributed by atoms with Crippen LogP contribution in [0.1, 0.15) is 20.3 Å². The summed E-state index contributed by atoms with van der Waals surface area (Å²) < 4.78 is 0. The summed E-state index contributed by atoms with van der Waals surface area (Å²) in [4.78, 5) is 3.25. The van der Waals surface area contributed by atoms with E-state index in [1.807, 2.05) is 0 Å². The standard InChI is InChI=1S/C3H8.CH4O2/c2*1-3-2/h3H2,1-2H3;2H,1H3. The van der Waals surface area contributed by atoms with Gasteiger partial charge in [0.2, 0.25) is 0 Å². The fraction of sp³-hybridized carbons (Fsp3) is 1.00. The first-order valence-corrected chi connectivity index (χ1v) is 2.01. The first-order chi connectivity index (χ1) is 2.83. The number of rotatable bonds is 0. The van der Waals surface area contributed by atoms with Crippen LogP contribution in [0.5, 0.6) is 0 Å². The molecule has 0 rings (SSSR count). The molecule has 0 spiro atoms. The molecule has 40 valence electrons. The molecule has 0 unspecified atom stereocenters. The molecule has 0 bridgehead atoms. The summed E-state index contributed by atoms with van der Waals surface area (Å²) in [6.07, 6.45) is 1.25. The number of hydrogen-bond acceptors (Lipinski definition) is 2. The summed E-state index contributed by atoms with van der Waals surface area (Å²) in [7, 11) is 1.18. The molecule has 0 heterocycles. The van der Waals surface area contributed by atoms with Gasteiger partial charge in [-0.25, -0.2) is 4.89 Å². The molecule has 6 heavy (non-hydrogen) atoms. The third kappa shape index (κ3) is 5220. The zero-order valence-corrected chi connectivity index (χ0v) is 4.56. The van der Waals surface area contributed by atoms with Crippen molar-refractivity contribution in [2.75, 3.05) is 7.11 Å².